The molecule has 0 bridgehead atoms. The Hall–Kier alpha value is -2.07. The predicted molar refractivity (Wildman–Crippen MR) is 76.3 cm³/mol. The first-order chi connectivity index (χ1) is 9.27. The third-order valence-electron chi connectivity index (χ3n) is 3.02. The number of aromatic nitrogens is 1. The fourth-order valence-corrected chi connectivity index (χ4v) is 2.07. The minimum atomic E-state index is -0.00926. The molecular formula is C15H18N2O2. The molecule has 1 aromatic carbocycles. The SMILES string of the molecule is C=CCN(CCOC)C(=O)c1cccc2cc[nH]c12. The van der Waals surface area contributed by atoms with E-state index in [2.05, 4.69) is 11.6 Å². The van der Waals surface area contributed by atoms with Gasteiger partial charge in [0.25, 0.3) is 5.91 Å². The first kappa shape index (κ1) is 13.4. The third-order valence-corrected chi connectivity index (χ3v) is 3.02. The van der Waals surface area contributed by atoms with Crippen LogP contribution in [0.4, 0.5) is 0 Å². The van der Waals surface area contributed by atoms with E-state index in [0.717, 1.165) is 10.9 Å². The number of ether oxygens (including phenoxy) is 1. The van der Waals surface area contributed by atoms with Gasteiger partial charge in [0.15, 0.2) is 0 Å². The lowest BCUT2D eigenvalue weighted by Crippen LogP contribution is -2.34. The van der Waals surface area contributed by atoms with E-state index < -0.39 is 0 Å². The molecule has 0 aliphatic carbocycles. The summed E-state index contributed by atoms with van der Waals surface area (Å²) in [6, 6.07) is 7.67. The molecule has 2 aromatic rings. The van der Waals surface area contributed by atoms with Gasteiger partial charge in [-0.2, -0.15) is 0 Å². The van der Waals surface area contributed by atoms with Gasteiger partial charge in [0.05, 0.1) is 17.7 Å². The van der Waals surface area contributed by atoms with E-state index in [1.807, 2.05) is 30.5 Å². The minimum Gasteiger partial charge on any atom is -0.383 e. The van der Waals surface area contributed by atoms with Crippen molar-refractivity contribution >= 4 is 16.8 Å². The summed E-state index contributed by atoms with van der Waals surface area (Å²) < 4.78 is 5.04. The van der Waals surface area contributed by atoms with E-state index in [1.165, 1.54) is 0 Å². The number of carbonyl (C=O) groups is 1. The Morgan fingerprint density at radius 3 is 3.05 bits per heavy atom. The van der Waals surface area contributed by atoms with Gasteiger partial charge >= 0.3 is 0 Å². The molecule has 0 fully saturated rings. The molecule has 19 heavy (non-hydrogen) atoms. The zero-order chi connectivity index (χ0) is 13.7. The van der Waals surface area contributed by atoms with Crippen LogP contribution in [0.15, 0.2) is 43.1 Å². The number of fused-ring (bicyclic) bond motifs is 1. The highest BCUT2D eigenvalue weighted by Gasteiger charge is 2.17. The number of hydrogen-bond acceptors (Lipinski definition) is 2. The lowest BCUT2D eigenvalue weighted by molar-refractivity contribution is 0.0720. The smallest absolute Gasteiger partial charge is 0.256 e. The van der Waals surface area contributed by atoms with Crippen LogP contribution in [0.5, 0.6) is 0 Å². The molecule has 1 aromatic heterocycles. The number of aromatic amines is 1. The van der Waals surface area contributed by atoms with Gasteiger partial charge in [-0.15, -0.1) is 6.58 Å². The number of methoxy groups -OCH3 is 1. The number of H-pyrrole nitrogens is 1. The van der Waals surface area contributed by atoms with Crippen molar-refractivity contribution in [1.82, 2.24) is 9.88 Å². The van der Waals surface area contributed by atoms with Crippen molar-refractivity contribution in [1.29, 1.82) is 0 Å². The zero-order valence-electron chi connectivity index (χ0n) is 11.1. The maximum absolute atomic E-state index is 12.6. The summed E-state index contributed by atoms with van der Waals surface area (Å²) in [6.07, 6.45) is 3.57. The van der Waals surface area contributed by atoms with E-state index in [4.69, 9.17) is 4.74 Å². The molecule has 0 atom stereocenters. The highest BCUT2D eigenvalue weighted by Crippen LogP contribution is 2.18. The highest BCUT2D eigenvalue weighted by molar-refractivity contribution is 6.05. The summed E-state index contributed by atoms with van der Waals surface area (Å²) in [5.41, 5.74) is 1.56. The van der Waals surface area contributed by atoms with Crippen LogP contribution in [-0.2, 0) is 4.74 Å². The quantitative estimate of drug-likeness (QED) is 0.809. The van der Waals surface area contributed by atoms with Crippen molar-refractivity contribution in [2.75, 3.05) is 26.8 Å². The molecular weight excluding hydrogens is 240 g/mol. The van der Waals surface area contributed by atoms with Crippen LogP contribution < -0.4 is 0 Å². The maximum atomic E-state index is 12.6. The Morgan fingerprint density at radius 1 is 1.47 bits per heavy atom. The summed E-state index contributed by atoms with van der Waals surface area (Å²) in [5, 5.41) is 1.04. The average molecular weight is 258 g/mol. The van der Waals surface area contributed by atoms with Crippen LogP contribution >= 0.6 is 0 Å². The van der Waals surface area contributed by atoms with E-state index >= 15 is 0 Å². The van der Waals surface area contributed by atoms with Crippen LogP contribution in [0.3, 0.4) is 0 Å². The lowest BCUT2D eigenvalue weighted by Gasteiger charge is -2.21. The maximum Gasteiger partial charge on any atom is 0.256 e. The number of nitrogens with one attached hydrogen (secondary N) is 1. The summed E-state index contributed by atoms with van der Waals surface area (Å²) in [7, 11) is 1.63. The second-order valence-corrected chi connectivity index (χ2v) is 4.28. The molecule has 0 aliphatic rings. The van der Waals surface area contributed by atoms with Gasteiger partial charge in [-0.05, 0) is 12.1 Å². The second kappa shape index (κ2) is 6.20. The van der Waals surface area contributed by atoms with Gasteiger partial charge in [0.2, 0.25) is 0 Å². The molecule has 0 radical (unpaired) electrons. The largest absolute Gasteiger partial charge is 0.383 e. The summed E-state index contributed by atoms with van der Waals surface area (Å²) in [4.78, 5) is 17.4. The molecule has 100 valence electrons. The van der Waals surface area contributed by atoms with Crippen molar-refractivity contribution in [3.05, 3.63) is 48.7 Å². The number of nitrogens with zero attached hydrogens (tertiary/aromatic N) is 1. The fourth-order valence-electron chi connectivity index (χ4n) is 2.07. The second-order valence-electron chi connectivity index (χ2n) is 4.28. The normalized spacial score (nSPS) is 10.6. The van der Waals surface area contributed by atoms with Crippen molar-refractivity contribution in [2.24, 2.45) is 0 Å². The van der Waals surface area contributed by atoms with Gasteiger partial charge in [0.1, 0.15) is 0 Å². The number of hydrogen-bond donors (Lipinski definition) is 1. The highest BCUT2D eigenvalue weighted by atomic mass is 16.5. The molecule has 0 unspecified atom stereocenters. The van der Waals surface area contributed by atoms with Crippen molar-refractivity contribution < 1.29 is 9.53 Å². The van der Waals surface area contributed by atoms with Gasteiger partial charge < -0.3 is 14.6 Å². The first-order valence-corrected chi connectivity index (χ1v) is 6.23. The zero-order valence-corrected chi connectivity index (χ0v) is 11.1. The van der Waals surface area contributed by atoms with E-state index in [0.29, 0.717) is 25.3 Å². The number of amides is 1. The number of benzene rings is 1. The fraction of sp³-hybridized carbons (Fsp3) is 0.267. The first-order valence-electron chi connectivity index (χ1n) is 6.23. The van der Waals surface area contributed by atoms with Crippen LogP contribution in [-0.4, -0.2) is 42.6 Å². The standard InChI is InChI=1S/C15H18N2O2/c1-3-9-17(10-11-19-2)15(18)13-6-4-5-12-7-8-16-14(12)13/h3-8,16H,1,9-11H2,2H3. The Balaban J connectivity index is 2.29. The number of para-hydroxylation sites is 1. The Bertz CT molecular complexity index is 574. The predicted octanol–water partition coefficient (Wildman–Crippen LogP) is 2.44. The van der Waals surface area contributed by atoms with Crippen molar-refractivity contribution in [3.8, 4) is 0 Å². The van der Waals surface area contributed by atoms with Gasteiger partial charge in [-0.25, -0.2) is 0 Å². The summed E-state index contributed by atoms with van der Waals surface area (Å²) in [6.45, 7) is 5.28. The molecule has 1 heterocycles. The Kier molecular flexibility index (Phi) is 4.36. The van der Waals surface area contributed by atoms with E-state index in [1.54, 1.807) is 18.1 Å². The van der Waals surface area contributed by atoms with E-state index in [-0.39, 0.29) is 5.91 Å². The Morgan fingerprint density at radius 2 is 2.32 bits per heavy atom. The molecule has 4 nitrogen and oxygen atoms in total. The topological polar surface area (TPSA) is 45.3 Å². The Labute approximate surface area is 112 Å². The van der Waals surface area contributed by atoms with Crippen LogP contribution in [0.1, 0.15) is 10.4 Å². The number of rotatable bonds is 6. The van der Waals surface area contributed by atoms with Crippen LogP contribution in [0, 0.1) is 0 Å². The van der Waals surface area contributed by atoms with E-state index in [9.17, 15) is 4.79 Å². The molecule has 2 rings (SSSR count). The monoisotopic (exact) mass is 258 g/mol. The molecule has 4 heteroatoms. The molecule has 0 spiro atoms. The van der Waals surface area contributed by atoms with Gasteiger partial charge in [-0.1, -0.05) is 18.2 Å². The third kappa shape index (κ3) is 2.85. The van der Waals surface area contributed by atoms with Gasteiger partial charge in [0, 0.05) is 31.8 Å². The van der Waals surface area contributed by atoms with Crippen molar-refractivity contribution in [3.63, 3.8) is 0 Å². The minimum absolute atomic E-state index is 0.00926. The summed E-state index contributed by atoms with van der Waals surface area (Å²) in [5.74, 6) is -0.00926. The summed E-state index contributed by atoms with van der Waals surface area (Å²) >= 11 is 0. The molecule has 0 saturated heterocycles. The molecule has 1 amide bonds. The van der Waals surface area contributed by atoms with Gasteiger partial charge in [-0.3, -0.25) is 4.79 Å². The molecule has 0 aliphatic heterocycles. The number of carbonyl (C=O) groups excluding carboxylic acids is 1. The molecule has 1 N–H and O–H groups in total. The lowest BCUT2D eigenvalue weighted by atomic mass is 10.1. The van der Waals surface area contributed by atoms with Crippen LogP contribution in [0.2, 0.25) is 0 Å². The molecule has 0 saturated carbocycles. The van der Waals surface area contributed by atoms with Crippen molar-refractivity contribution in [2.45, 2.75) is 0 Å². The average Bonchev–Trinajstić information content (AvgIpc) is 2.91. The van der Waals surface area contributed by atoms with Crippen LogP contribution in [0.25, 0.3) is 10.9 Å².